The van der Waals surface area contributed by atoms with Gasteiger partial charge in [-0.05, 0) is 12.1 Å². The van der Waals surface area contributed by atoms with Crippen molar-refractivity contribution >= 4 is 8.56 Å². The highest BCUT2D eigenvalue weighted by atomic mass is 28.4. The third-order valence-electron chi connectivity index (χ3n) is 3.82. The van der Waals surface area contributed by atoms with Gasteiger partial charge in [-0.25, -0.2) is 0 Å². The maximum atomic E-state index is 5.75. The van der Waals surface area contributed by atoms with E-state index >= 15 is 0 Å². The normalized spacial score (nSPS) is 12.0. The van der Waals surface area contributed by atoms with E-state index < -0.39 is 8.56 Å². The van der Waals surface area contributed by atoms with Gasteiger partial charge in [0.25, 0.3) is 0 Å². The fraction of sp³-hybridized carbons (Fsp3) is 1.00. The summed E-state index contributed by atoms with van der Waals surface area (Å²) in [6.07, 6.45) is 12.0. The van der Waals surface area contributed by atoms with E-state index in [1.54, 1.807) is 0 Å². The van der Waals surface area contributed by atoms with Crippen LogP contribution in [0.15, 0.2) is 0 Å². The number of hydrogen-bond acceptors (Lipinski definition) is 2. The second kappa shape index (κ2) is 12.2. The molecule has 18 heavy (non-hydrogen) atoms. The minimum Gasteiger partial charge on any atom is -0.398 e. The first kappa shape index (κ1) is 18.1. The van der Waals surface area contributed by atoms with Crippen LogP contribution in [-0.2, 0) is 8.85 Å². The minimum absolute atomic E-state index is 1.16. The first-order valence-corrected chi connectivity index (χ1v) is 10.1. The molecular weight excluding hydrogens is 240 g/mol. The molecule has 0 aromatic rings. The van der Waals surface area contributed by atoms with Gasteiger partial charge in [0, 0.05) is 14.2 Å². The summed E-state index contributed by atoms with van der Waals surface area (Å²) >= 11 is 0. The summed E-state index contributed by atoms with van der Waals surface area (Å²) in [7, 11) is 1.84. The van der Waals surface area contributed by atoms with Crippen molar-refractivity contribution in [1.29, 1.82) is 0 Å². The summed E-state index contributed by atoms with van der Waals surface area (Å²) in [4.78, 5) is 0. The molecule has 0 aromatic heterocycles. The lowest BCUT2D eigenvalue weighted by Crippen LogP contribution is -2.39. The number of unbranched alkanes of at least 4 members (excludes halogenated alkanes) is 7. The number of rotatable bonds is 13. The van der Waals surface area contributed by atoms with Crippen molar-refractivity contribution in [3.63, 3.8) is 0 Å². The zero-order valence-corrected chi connectivity index (χ0v) is 14.1. The predicted octanol–water partition coefficient (Wildman–Crippen LogP) is 5.27. The molecule has 0 amide bonds. The largest absolute Gasteiger partial charge is 0.398 e. The van der Waals surface area contributed by atoms with Gasteiger partial charge in [-0.1, -0.05) is 71.6 Å². The zero-order chi connectivity index (χ0) is 13.7. The summed E-state index contributed by atoms with van der Waals surface area (Å²) in [6.45, 7) is 4.50. The highest BCUT2D eigenvalue weighted by Crippen LogP contribution is 2.24. The Balaban J connectivity index is 3.69. The zero-order valence-electron chi connectivity index (χ0n) is 13.1. The number of hydrogen-bond donors (Lipinski definition) is 0. The Hall–Kier alpha value is 0.137. The Morgan fingerprint density at radius 1 is 0.611 bits per heavy atom. The van der Waals surface area contributed by atoms with Crippen LogP contribution in [0.1, 0.15) is 71.6 Å². The topological polar surface area (TPSA) is 18.5 Å². The Kier molecular flexibility index (Phi) is 12.3. The first-order valence-electron chi connectivity index (χ1n) is 7.85. The Labute approximate surface area is 116 Å². The van der Waals surface area contributed by atoms with Crippen LogP contribution in [0.5, 0.6) is 0 Å². The SMILES string of the molecule is CCCCCCCCC[Si](CCCC)(OC)OC. The van der Waals surface area contributed by atoms with E-state index in [0.29, 0.717) is 0 Å². The highest BCUT2D eigenvalue weighted by Gasteiger charge is 2.33. The summed E-state index contributed by atoms with van der Waals surface area (Å²) < 4.78 is 11.5. The lowest BCUT2D eigenvalue weighted by molar-refractivity contribution is 0.238. The molecule has 0 N–H and O–H groups in total. The molecule has 0 rings (SSSR count). The van der Waals surface area contributed by atoms with Crippen LogP contribution in [-0.4, -0.2) is 22.8 Å². The minimum atomic E-state index is -1.84. The molecule has 110 valence electrons. The predicted molar refractivity (Wildman–Crippen MR) is 82.3 cm³/mol. The molecule has 0 unspecified atom stereocenters. The van der Waals surface area contributed by atoms with Gasteiger partial charge in [0.15, 0.2) is 0 Å². The van der Waals surface area contributed by atoms with Crippen molar-refractivity contribution in [2.45, 2.75) is 83.7 Å². The average molecular weight is 275 g/mol. The quantitative estimate of drug-likeness (QED) is 0.336. The van der Waals surface area contributed by atoms with Crippen molar-refractivity contribution < 1.29 is 8.85 Å². The van der Waals surface area contributed by atoms with E-state index in [1.807, 2.05) is 14.2 Å². The molecule has 0 aliphatic carbocycles. The van der Waals surface area contributed by atoms with E-state index in [0.717, 1.165) is 6.04 Å². The Morgan fingerprint density at radius 2 is 1.06 bits per heavy atom. The smallest absolute Gasteiger partial charge is 0.337 e. The van der Waals surface area contributed by atoms with Gasteiger partial charge in [0.2, 0.25) is 0 Å². The van der Waals surface area contributed by atoms with Crippen LogP contribution in [0, 0.1) is 0 Å². The maximum Gasteiger partial charge on any atom is 0.337 e. The Bertz CT molecular complexity index is 170. The standard InChI is InChI=1S/C15H34O2Si/c1-5-7-9-10-11-12-13-15-18(16-3,17-4)14-8-6-2/h5-15H2,1-4H3. The van der Waals surface area contributed by atoms with Crippen molar-refractivity contribution in [1.82, 2.24) is 0 Å². The molecule has 0 heterocycles. The van der Waals surface area contributed by atoms with E-state index in [-0.39, 0.29) is 0 Å². The van der Waals surface area contributed by atoms with E-state index in [9.17, 15) is 0 Å². The second-order valence-corrected chi connectivity index (χ2v) is 8.93. The molecule has 2 nitrogen and oxygen atoms in total. The van der Waals surface area contributed by atoms with Crippen LogP contribution >= 0.6 is 0 Å². The van der Waals surface area contributed by atoms with Crippen LogP contribution < -0.4 is 0 Å². The molecule has 0 saturated heterocycles. The molecular formula is C15H34O2Si. The fourth-order valence-corrected chi connectivity index (χ4v) is 5.33. The van der Waals surface area contributed by atoms with Gasteiger partial charge < -0.3 is 8.85 Å². The van der Waals surface area contributed by atoms with Crippen molar-refractivity contribution in [3.05, 3.63) is 0 Å². The average Bonchev–Trinajstić information content (AvgIpc) is 2.42. The third kappa shape index (κ3) is 8.28. The monoisotopic (exact) mass is 274 g/mol. The van der Waals surface area contributed by atoms with E-state index in [1.165, 1.54) is 63.8 Å². The van der Waals surface area contributed by atoms with Gasteiger partial charge in [-0.3, -0.25) is 0 Å². The molecule has 0 aliphatic rings. The Morgan fingerprint density at radius 3 is 1.56 bits per heavy atom. The van der Waals surface area contributed by atoms with Gasteiger partial charge in [0.05, 0.1) is 0 Å². The maximum absolute atomic E-state index is 5.75. The molecule has 0 fully saturated rings. The van der Waals surface area contributed by atoms with E-state index in [2.05, 4.69) is 13.8 Å². The molecule has 0 aliphatic heterocycles. The van der Waals surface area contributed by atoms with Crippen molar-refractivity contribution in [2.24, 2.45) is 0 Å². The lowest BCUT2D eigenvalue weighted by atomic mass is 10.1. The second-order valence-electron chi connectivity index (χ2n) is 5.29. The molecule has 0 radical (unpaired) electrons. The molecule has 0 aromatic carbocycles. The molecule has 0 saturated carbocycles. The van der Waals surface area contributed by atoms with Gasteiger partial charge in [-0.15, -0.1) is 0 Å². The van der Waals surface area contributed by atoms with Crippen LogP contribution in [0.3, 0.4) is 0 Å². The summed E-state index contributed by atoms with van der Waals surface area (Å²) in [5.41, 5.74) is 0. The third-order valence-corrected chi connectivity index (χ3v) is 7.54. The van der Waals surface area contributed by atoms with Crippen molar-refractivity contribution in [3.8, 4) is 0 Å². The van der Waals surface area contributed by atoms with Crippen molar-refractivity contribution in [2.75, 3.05) is 14.2 Å². The molecule has 0 bridgehead atoms. The van der Waals surface area contributed by atoms with Crippen LogP contribution in [0.25, 0.3) is 0 Å². The fourth-order valence-electron chi connectivity index (χ4n) is 2.41. The van der Waals surface area contributed by atoms with Crippen LogP contribution in [0.4, 0.5) is 0 Å². The summed E-state index contributed by atoms with van der Waals surface area (Å²) in [5, 5.41) is 0. The van der Waals surface area contributed by atoms with E-state index in [4.69, 9.17) is 8.85 Å². The molecule has 0 atom stereocenters. The highest BCUT2D eigenvalue weighted by molar-refractivity contribution is 6.67. The van der Waals surface area contributed by atoms with Gasteiger partial charge >= 0.3 is 8.56 Å². The molecule has 3 heteroatoms. The van der Waals surface area contributed by atoms with Gasteiger partial charge in [-0.2, -0.15) is 0 Å². The van der Waals surface area contributed by atoms with Crippen LogP contribution in [0.2, 0.25) is 12.1 Å². The first-order chi connectivity index (χ1) is 8.74. The molecule has 0 spiro atoms. The lowest BCUT2D eigenvalue weighted by Gasteiger charge is -2.27. The summed E-state index contributed by atoms with van der Waals surface area (Å²) in [6, 6.07) is 2.33. The van der Waals surface area contributed by atoms with Gasteiger partial charge in [0.1, 0.15) is 0 Å². The summed E-state index contributed by atoms with van der Waals surface area (Å²) in [5.74, 6) is 0.